The van der Waals surface area contributed by atoms with E-state index in [9.17, 15) is 4.39 Å². The molecule has 0 aliphatic heterocycles. The van der Waals surface area contributed by atoms with Gasteiger partial charge in [0.05, 0.1) is 5.02 Å². The minimum Gasteiger partial charge on any atom is -0.381 e. The van der Waals surface area contributed by atoms with E-state index in [2.05, 4.69) is 18.5 Å². The molecule has 0 spiro atoms. The van der Waals surface area contributed by atoms with Gasteiger partial charge in [-0.25, -0.2) is 4.39 Å². The molecule has 74 valence electrons. The van der Waals surface area contributed by atoms with Crippen LogP contribution in [0.25, 0.3) is 0 Å². The summed E-state index contributed by atoms with van der Waals surface area (Å²) in [5.41, 5.74) is 1.63. The second-order valence-corrected chi connectivity index (χ2v) is 3.24. The minimum atomic E-state index is -0.405. The summed E-state index contributed by atoms with van der Waals surface area (Å²) in [7, 11) is 0. The van der Waals surface area contributed by atoms with Gasteiger partial charge in [-0.1, -0.05) is 30.8 Å². The van der Waals surface area contributed by atoms with E-state index in [-0.39, 0.29) is 5.02 Å². The van der Waals surface area contributed by atoms with Gasteiger partial charge in [0.1, 0.15) is 5.82 Å². The molecule has 0 saturated heterocycles. The highest BCUT2D eigenvalue weighted by Gasteiger charge is 2.00. The fourth-order valence-electron chi connectivity index (χ4n) is 0.937. The third kappa shape index (κ3) is 2.89. The van der Waals surface area contributed by atoms with Crippen LogP contribution in [0.2, 0.25) is 5.02 Å². The quantitative estimate of drug-likeness (QED) is 0.754. The lowest BCUT2D eigenvalue weighted by Crippen LogP contribution is -2.09. The number of allylic oxidation sites excluding steroid dienone is 1. The molecule has 1 rings (SSSR count). The largest absolute Gasteiger partial charge is 0.381 e. The highest BCUT2D eigenvalue weighted by molar-refractivity contribution is 6.30. The van der Waals surface area contributed by atoms with Crippen molar-refractivity contribution in [2.75, 3.05) is 0 Å². The fraction of sp³-hybridized carbons (Fsp3) is 0.0909. The van der Waals surface area contributed by atoms with Crippen LogP contribution < -0.4 is 5.32 Å². The lowest BCUT2D eigenvalue weighted by Gasteiger charge is -2.06. The standard InChI is InChI=1S/C11H11ClFN/c1-3-8(2)14-7-9-4-5-11(13)10(12)6-9/h3-6,14H,1-2,7H2. The molecule has 0 unspecified atom stereocenters. The molecule has 1 N–H and O–H groups in total. The van der Waals surface area contributed by atoms with Crippen molar-refractivity contribution in [3.05, 3.63) is 59.5 Å². The molecule has 3 heteroatoms. The Labute approximate surface area is 87.9 Å². The van der Waals surface area contributed by atoms with Gasteiger partial charge in [0.25, 0.3) is 0 Å². The molecule has 0 radical (unpaired) electrons. The topological polar surface area (TPSA) is 12.0 Å². The maximum Gasteiger partial charge on any atom is 0.141 e. The number of hydrogen-bond acceptors (Lipinski definition) is 1. The Balaban J connectivity index is 2.64. The van der Waals surface area contributed by atoms with Crippen LogP contribution in [-0.2, 0) is 6.54 Å². The summed E-state index contributed by atoms with van der Waals surface area (Å²) >= 11 is 5.62. The van der Waals surface area contributed by atoms with E-state index in [4.69, 9.17) is 11.6 Å². The smallest absolute Gasteiger partial charge is 0.141 e. The average molecular weight is 212 g/mol. The third-order valence-corrected chi connectivity index (χ3v) is 2.04. The van der Waals surface area contributed by atoms with Gasteiger partial charge in [-0.3, -0.25) is 0 Å². The van der Waals surface area contributed by atoms with E-state index < -0.39 is 5.82 Å². The molecule has 14 heavy (non-hydrogen) atoms. The Kier molecular flexibility index (Phi) is 3.72. The molecule has 0 atom stereocenters. The Morgan fingerprint density at radius 1 is 1.57 bits per heavy atom. The summed E-state index contributed by atoms with van der Waals surface area (Å²) in [4.78, 5) is 0. The Hall–Kier alpha value is -1.28. The zero-order chi connectivity index (χ0) is 10.6. The second kappa shape index (κ2) is 4.82. The molecule has 0 bridgehead atoms. The molecular weight excluding hydrogens is 201 g/mol. The summed E-state index contributed by atoms with van der Waals surface area (Å²) in [6, 6.07) is 4.60. The summed E-state index contributed by atoms with van der Waals surface area (Å²) in [6.45, 7) is 7.81. The van der Waals surface area contributed by atoms with E-state index in [1.165, 1.54) is 6.07 Å². The van der Waals surface area contributed by atoms with Crippen LogP contribution in [0.15, 0.2) is 43.1 Å². The normalized spacial score (nSPS) is 9.57. The van der Waals surface area contributed by atoms with Crippen molar-refractivity contribution < 1.29 is 4.39 Å². The Morgan fingerprint density at radius 3 is 2.86 bits per heavy atom. The van der Waals surface area contributed by atoms with Crippen LogP contribution in [0, 0.1) is 5.82 Å². The average Bonchev–Trinajstić information content (AvgIpc) is 2.19. The van der Waals surface area contributed by atoms with Gasteiger partial charge >= 0.3 is 0 Å². The molecule has 1 aromatic carbocycles. The van der Waals surface area contributed by atoms with Crippen LogP contribution in [0.5, 0.6) is 0 Å². The van der Waals surface area contributed by atoms with E-state index in [0.29, 0.717) is 6.54 Å². The summed E-state index contributed by atoms with van der Waals surface area (Å²) in [6.07, 6.45) is 1.62. The lowest BCUT2D eigenvalue weighted by molar-refractivity contribution is 0.627. The summed E-state index contributed by atoms with van der Waals surface area (Å²) < 4.78 is 12.8. The van der Waals surface area contributed by atoms with Gasteiger partial charge < -0.3 is 5.32 Å². The Morgan fingerprint density at radius 2 is 2.29 bits per heavy atom. The van der Waals surface area contributed by atoms with Crippen molar-refractivity contribution in [2.24, 2.45) is 0 Å². The van der Waals surface area contributed by atoms with Crippen molar-refractivity contribution in [1.29, 1.82) is 0 Å². The molecule has 1 aromatic rings. The number of halogens is 2. The summed E-state index contributed by atoms with van der Waals surface area (Å²) in [5.74, 6) is -0.405. The predicted molar refractivity (Wildman–Crippen MR) is 57.6 cm³/mol. The van der Waals surface area contributed by atoms with Gasteiger partial charge in [0, 0.05) is 12.2 Å². The molecule has 0 aromatic heterocycles. The first-order chi connectivity index (χ1) is 6.63. The van der Waals surface area contributed by atoms with Crippen molar-refractivity contribution in [3.63, 3.8) is 0 Å². The molecular formula is C11H11ClFN. The van der Waals surface area contributed by atoms with E-state index in [0.717, 1.165) is 11.3 Å². The van der Waals surface area contributed by atoms with Crippen LogP contribution in [0.4, 0.5) is 4.39 Å². The van der Waals surface area contributed by atoms with Crippen molar-refractivity contribution >= 4 is 11.6 Å². The van der Waals surface area contributed by atoms with Gasteiger partial charge in [-0.15, -0.1) is 0 Å². The maximum atomic E-state index is 12.8. The summed E-state index contributed by atoms with van der Waals surface area (Å²) in [5, 5.41) is 3.13. The van der Waals surface area contributed by atoms with Crippen LogP contribution in [-0.4, -0.2) is 0 Å². The van der Waals surface area contributed by atoms with Crippen molar-refractivity contribution in [3.8, 4) is 0 Å². The molecule has 0 aliphatic rings. The van der Waals surface area contributed by atoms with Crippen LogP contribution in [0.1, 0.15) is 5.56 Å². The molecule has 0 saturated carbocycles. The van der Waals surface area contributed by atoms with Gasteiger partial charge in [0.2, 0.25) is 0 Å². The number of benzene rings is 1. The zero-order valence-electron chi connectivity index (χ0n) is 7.69. The highest BCUT2D eigenvalue weighted by Crippen LogP contribution is 2.15. The lowest BCUT2D eigenvalue weighted by atomic mass is 10.2. The number of hydrogen-bond donors (Lipinski definition) is 1. The highest BCUT2D eigenvalue weighted by atomic mass is 35.5. The van der Waals surface area contributed by atoms with Crippen LogP contribution >= 0.6 is 11.6 Å². The predicted octanol–water partition coefficient (Wildman–Crippen LogP) is 3.27. The first-order valence-electron chi connectivity index (χ1n) is 4.12. The SMILES string of the molecule is C=CC(=C)NCc1ccc(F)c(Cl)c1. The fourth-order valence-corrected chi connectivity index (χ4v) is 1.14. The van der Waals surface area contributed by atoms with E-state index in [1.807, 2.05) is 0 Å². The first kappa shape index (κ1) is 10.8. The Bertz CT molecular complexity index is 360. The van der Waals surface area contributed by atoms with Crippen molar-refractivity contribution in [2.45, 2.75) is 6.54 Å². The van der Waals surface area contributed by atoms with Crippen molar-refractivity contribution in [1.82, 2.24) is 5.32 Å². The third-order valence-electron chi connectivity index (χ3n) is 1.75. The van der Waals surface area contributed by atoms with E-state index in [1.54, 1.807) is 18.2 Å². The first-order valence-corrected chi connectivity index (χ1v) is 4.50. The number of rotatable bonds is 4. The monoisotopic (exact) mass is 211 g/mol. The minimum absolute atomic E-state index is 0.133. The number of nitrogens with one attached hydrogen (secondary N) is 1. The molecule has 1 nitrogen and oxygen atoms in total. The van der Waals surface area contributed by atoms with Gasteiger partial charge in [-0.05, 0) is 23.8 Å². The van der Waals surface area contributed by atoms with Crippen LogP contribution in [0.3, 0.4) is 0 Å². The second-order valence-electron chi connectivity index (χ2n) is 2.83. The van der Waals surface area contributed by atoms with E-state index >= 15 is 0 Å². The van der Waals surface area contributed by atoms with Gasteiger partial charge in [-0.2, -0.15) is 0 Å². The molecule has 0 aliphatic carbocycles. The molecule has 0 heterocycles. The van der Waals surface area contributed by atoms with Gasteiger partial charge in [0.15, 0.2) is 0 Å². The molecule has 0 amide bonds. The maximum absolute atomic E-state index is 12.8. The molecule has 0 fully saturated rings. The zero-order valence-corrected chi connectivity index (χ0v) is 8.44.